The number of ether oxygens (including phenoxy) is 2. The Labute approximate surface area is 139 Å². The summed E-state index contributed by atoms with van der Waals surface area (Å²) in [6.07, 6.45) is 4.50. The smallest absolute Gasteiger partial charge is 0.344 e. The summed E-state index contributed by atoms with van der Waals surface area (Å²) in [6, 6.07) is 3.55. The molecule has 2 rings (SSSR count). The number of esters is 1. The molecule has 0 spiro atoms. The maximum absolute atomic E-state index is 11.5. The number of aromatic nitrogens is 4. The van der Waals surface area contributed by atoms with Gasteiger partial charge in [0.25, 0.3) is 0 Å². The van der Waals surface area contributed by atoms with E-state index in [4.69, 9.17) is 21.1 Å². The van der Waals surface area contributed by atoms with Crippen LogP contribution in [0.25, 0.3) is 11.5 Å². The molecule has 0 atom stereocenters. The Morgan fingerprint density at radius 3 is 2.87 bits per heavy atom. The van der Waals surface area contributed by atoms with Crippen LogP contribution in [0.3, 0.4) is 0 Å². The van der Waals surface area contributed by atoms with Crippen LogP contribution in [-0.2, 0) is 16.6 Å². The number of hydrogen-bond donors (Lipinski definition) is 0. The van der Waals surface area contributed by atoms with E-state index in [1.807, 2.05) is 0 Å². The van der Waals surface area contributed by atoms with E-state index in [0.29, 0.717) is 23.1 Å². The van der Waals surface area contributed by atoms with E-state index in [1.165, 1.54) is 10.9 Å². The third-order valence-corrected chi connectivity index (χ3v) is 3.25. The average Bonchev–Trinajstić information content (AvgIpc) is 2.91. The first-order valence-corrected chi connectivity index (χ1v) is 7.79. The van der Waals surface area contributed by atoms with Crippen LogP contribution in [-0.4, -0.2) is 38.9 Å². The molecular formula is C15H19ClN4O3. The zero-order chi connectivity index (χ0) is 16.7. The molecule has 2 aromatic rings. The Morgan fingerprint density at radius 2 is 2.17 bits per heavy atom. The number of carbonyl (C=O) groups excluding carboxylic acids is 1. The molecule has 2 heterocycles. The largest absolute Gasteiger partial charge is 0.463 e. The number of hydrogen-bond acceptors (Lipinski definition) is 6. The van der Waals surface area contributed by atoms with Gasteiger partial charge in [-0.05, 0) is 18.6 Å². The molecule has 0 unspecified atom stereocenters. The molecule has 0 amide bonds. The average molecular weight is 339 g/mol. The molecule has 8 heteroatoms. The van der Waals surface area contributed by atoms with Crippen molar-refractivity contribution in [3.8, 4) is 17.5 Å². The van der Waals surface area contributed by atoms with Crippen LogP contribution >= 0.6 is 11.6 Å². The van der Waals surface area contributed by atoms with Crippen LogP contribution in [0.1, 0.15) is 26.2 Å². The van der Waals surface area contributed by atoms with Crippen molar-refractivity contribution in [1.82, 2.24) is 19.7 Å². The van der Waals surface area contributed by atoms with E-state index < -0.39 is 5.97 Å². The van der Waals surface area contributed by atoms with Gasteiger partial charge in [0, 0.05) is 13.2 Å². The predicted molar refractivity (Wildman–Crippen MR) is 85.2 cm³/mol. The van der Waals surface area contributed by atoms with Crippen molar-refractivity contribution in [2.24, 2.45) is 7.05 Å². The van der Waals surface area contributed by atoms with Crippen molar-refractivity contribution in [3.05, 3.63) is 23.4 Å². The Balaban J connectivity index is 1.88. The van der Waals surface area contributed by atoms with Gasteiger partial charge in [-0.3, -0.25) is 4.98 Å². The normalized spacial score (nSPS) is 10.6. The van der Waals surface area contributed by atoms with Gasteiger partial charge in [0.05, 0.1) is 11.6 Å². The molecule has 124 valence electrons. The number of rotatable bonds is 8. The van der Waals surface area contributed by atoms with Crippen LogP contribution < -0.4 is 4.74 Å². The molecule has 2 aromatic heterocycles. The van der Waals surface area contributed by atoms with E-state index in [2.05, 4.69) is 22.0 Å². The number of carbonyl (C=O) groups is 1. The molecule has 0 aliphatic carbocycles. The predicted octanol–water partition coefficient (Wildman–Crippen LogP) is 2.64. The summed E-state index contributed by atoms with van der Waals surface area (Å²) in [5.74, 6) is 0.0905. The van der Waals surface area contributed by atoms with Crippen molar-refractivity contribution >= 4 is 17.6 Å². The minimum Gasteiger partial charge on any atom is -0.463 e. The molecule has 0 radical (unpaired) electrons. The second kappa shape index (κ2) is 8.47. The highest BCUT2D eigenvalue weighted by atomic mass is 35.5. The lowest BCUT2D eigenvalue weighted by Gasteiger charge is -2.03. The summed E-state index contributed by atoms with van der Waals surface area (Å²) in [7, 11) is 1.72. The summed E-state index contributed by atoms with van der Waals surface area (Å²) in [5, 5.41) is 4.63. The highest BCUT2D eigenvalue weighted by molar-refractivity contribution is 6.30. The molecule has 0 fully saturated rings. The van der Waals surface area contributed by atoms with Gasteiger partial charge in [-0.25, -0.2) is 9.48 Å². The molecular weight excluding hydrogens is 320 g/mol. The van der Waals surface area contributed by atoms with Crippen LogP contribution in [0.15, 0.2) is 18.3 Å². The van der Waals surface area contributed by atoms with Crippen LogP contribution in [0.5, 0.6) is 6.01 Å². The molecule has 0 saturated carbocycles. The zero-order valence-corrected chi connectivity index (χ0v) is 13.9. The molecule has 0 aliphatic rings. The van der Waals surface area contributed by atoms with E-state index in [0.717, 1.165) is 19.3 Å². The van der Waals surface area contributed by atoms with Crippen molar-refractivity contribution in [1.29, 1.82) is 0 Å². The number of aryl methyl sites for hydroxylation is 1. The van der Waals surface area contributed by atoms with E-state index in [9.17, 15) is 4.79 Å². The van der Waals surface area contributed by atoms with Crippen molar-refractivity contribution < 1.29 is 14.3 Å². The lowest BCUT2D eigenvalue weighted by Crippen LogP contribution is -2.16. The number of nitrogens with zero attached hydrogens (tertiary/aromatic N) is 4. The SMILES string of the molecule is CCCCCOC(=O)COc1nc(-c2ccc(Cl)cn2)n(C)n1. The van der Waals surface area contributed by atoms with Gasteiger partial charge in [-0.1, -0.05) is 31.4 Å². The molecule has 23 heavy (non-hydrogen) atoms. The fourth-order valence-electron chi connectivity index (χ4n) is 1.86. The second-order valence-electron chi connectivity index (χ2n) is 4.92. The Kier molecular flexibility index (Phi) is 6.34. The summed E-state index contributed by atoms with van der Waals surface area (Å²) in [4.78, 5) is 19.9. The minimum absolute atomic E-state index is 0.102. The monoisotopic (exact) mass is 338 g/mol. The van der Waals surface area contributed by atoms with Crippen LogP contribution in [0, 0.1) is 0 Å². The quantitative estimate of drug-likeness (QED) is 0.544. The highest BCUT2D eigenvalue weighted by Gasteiger charge is 2.13. The van der Waals surface area contributed by atoms with Gasteiger partial charge < -0.3 is 9.47 Å². The molecule has 0 bridgehead atoms. The topological polar surface area (TPSA) is 79.1 Å². The molecule has 0 aromatic carbocycles. The van der Waals surface area contributed by atoms with Crippen LogP contribution in [0.2, 0.25) is 5.02 Å². The number of unbranched alkanes of at least 4 members (excludes halogenated alkanes) is 2. The van der Waals surface area contributed by atoms with E-state index in [-0.39, 0.29) is 12.6 Å². The van der Waals surface area contributed by atoms with Gasteiger partial charge in [-0.2, -0.15) is 4.98 Å². The fraction of sp³-hybridized carbons (Fsp3) is 0.467. The second-order valence-corrected chi connectivity index (χ2v) is 5.36. The zero-order valence-electron chi connectivity index (χ0n) is 13.2. The molecule has 0 N–H and O–H groups in total. The molecule has 0 aliphatic heterocycles. The highest BCUT2D eigenvalue weighted by Crippen LogP contribution is 2.18. The molecule has 0 saturated heterocycles. The van der Waals surface area contributed by atoms with Crippen molar-refractivity contribution in [2.75, 3.05) is 13.2 Å². The summed E-state index contributed by atoms with van der Waals surface area (Å²) in [6.45, 7) is 2.28. The summed E-state index contributed by atoms with van der Waals surface area (Å²) >= 11 is 5.81. The summed E-state index contributed by atoms with van der Waals surface area (Å²) in [5.41, 5.74) is 0.612. The first kappa shape index (κ1) is 17.2. The van der Waals surface area contributed by atoms with E-state index in [1.54, 1.807) is 19.2 Å². The van der Waals surface area contributed by atoms with Crippen molar-refractivity contribution in [2.45, 2.75) is 26.2 Å². The number of pyridine rings is 1. The Hall–Kier alpha value is -2.15. The lowest BCUT2D eigenvalue weighted by molar-refractivity contribution is -0.146. The maximum Gasteiger partial charge on any atom is 0.344 e. The van der Waals surface area contributed by atoms with E-state index >= 15 is 0 Å². The maximum atomic E-state index is 11.5. The lowest BCUT2D eigenvalue weighted by atomic mass is 10.3. The van der Waals surface area contributed by atoms with Gasteiger partial charge in [-0.15, -0.1) is 5.10 Å². The van der Waals surface area contributed by atoms with Gasteiger partial charge in [0.15, 0.2) is 12.4 Å². The summed E-state index contributed by atoms with van der Waals surface area (Å²) < 4.78 is 11.8. The van der Waals surface area contributed by atoms with Gasteiger partial charge in [0.2, 0.25) is 0 Å². The standard InChI is InChI=1S/C15H19ClN4O3/c1-3-4-5-8-22-13(21)10-23-15-18-14(20(2)19-15)12-7-6-11(16)9-17-12/h6-7,9H,3-5,8,10H2,1-2H3. The van der Waals surface area contributed by atoms with Gasteiger partial charge in [0.1, 0.15) is 5.69 Å². The van der Waals surface area contributed by atoms with Gasteiger partial charge >= 0.3 is 12.0 Å². The third-order valence-electron chi connectivity index (χ3n) is 3.03. The molecule has 7 nitrogen and oxygen atoms in total. The van der Waals surface area contributed by atoms with Crippen LogP contribution in [0.4, 0.5) is 0 Å². The van der Waals surface area contributed by atoms with Crippen molar-refractivity contribution in [3.63, 3.8) is 0 Å². The number of halogens is 1. The minimum atomic E-state index is -0.431. The first-order chi connectivity index (χ1) is 11.1. The fourth-order valence-corrected chi connectivity index (χ4v) is 1.97. The Morgan fingerprint density at radius 1 is 1.35 bits per heavy atom. The third kappa shape index (κ3) is 5.21. The Bertz CT molecular complexity index is 643. The first-order valence-electron chi connectivity index (χ1n) is 7.41.